The molecule has 0 aliphatic carbocycles. The lowest BCUT2D eigenvalue weighted by atomic mass is 10.2. The minimum Gasteiger partial charge on any atom is -0.494 e. The number of methoxy groups -OCH3 is 1. The number of ether oxygens (including phenoxy) is 1. The molecule has 0 radical (unpaired) electrons. The van der Waals surface area contributed by atoms with Crippen LogP contribution in [-0.2, 0) is 0 Å². The highest BCUT2D eigenvalue weighted by atomic mass is 32.2. The Balaban J connectivity index is 3.20. The minimum absolute atomic E-state index is 0.260. The van der Waals surface area contributed by atoms with Gasteiger partial charge in [0.05, 0.1) is 7.11 Å². The highest BCUT2D eigenvalue weighted by Crippen LogP contribution is 2.27. The van der Waals surface area contributed by atoms with E-state index in [1.165, 1.54) is 18.9 Å². The van der Waals surface area contributed by atoms with Gasteiger partial charge in [-0.25, -0.2) is 4.39 Å². The predicted octanol–water partition coefficient (Wildman–Crippen LogP) is 2.86. The fraction of sp³-hybridized carbons (Fsp3) is 0.333. The van der Waals surface area contributed by atoms with Crippen molar-refractivity contribution in [2.75, 3.05) is 13.4 Å². The standard InChI is InChI=1S/C9H11FOS/c1-6-8(12-3)5-4-7(11-2)9(6)10/h4-5H,1-3H3. The first kappa shape index (κ1) is 9.39. The van der Waals surface area contributed by atoms with Crippen molar-refractivity contribution < 1.29 is 9.13 Å². The third-order valence-electron chi connectivity index (χ3n) is 1.74. The summed E-state index contributed by atoms with van der Waals surface area (Å²) in [6.07, 6.45) is 1.92. The van der Waals surface area contributed by atoms with Crippen molar-refractivity contribution in [3.8, 4) is 5.75 Å². The summed E-state index contributed by atoms with van der Waals surface area (Å²) in [6, 6.07) is 3.51. The van der Waals surface area contributed by atoms with E-state index in [2.05, 4.69) is 0 Å². The average Bonchev–Trinajstić information content (AvgIpc) is 2.10. The second-order valence-electron chi connectivity index (χ2n) is 2.41. The number of hydrogen-bond donors (Lipinski definition) is 0. The second kappa shape index (κ2) is 3.81. The molecule has 0 heterocycles. The number of hydrogen-bond acceptors (Lipinski definition) is 2. The van der Waals surface area contributed by atoms with Crippen molar-refractivity contribution in [2.45, 2.75) is 11.8 Å². The molecule has 0 bridgehead atoms. The second-order valence-corrected chi connectivity index (χ2v) is 3.26. The molecule has 0 amide bonds. The van der Waals surface area contributed by atoms with Crippen LogP contribution < -0.4 is 4.74 Å². The van der Waals surface area contributed by atoms with E-state index in [-0.39, 0.29) is 5.82 Å². The van der Waals surface area contributed by atoms with E-state index in [0.717, 1.165) is 4.90 Å². The summed E-state index contributed by atoms with van der Waals surface area (Å²) < 4.78 is 18.2. The first-order valence-corrected chi connectivity index (χ1v) is 4.80. The number of thioether (sulfide) groups is 1. The van der Waals surface area contributed by atoms with Gasteiger partial charge in [0, 0.05) is 10.5 Å². The zero-order chi connectivity index (χ0) is 9.14. The fourth-order valence-electron chi connectivity index (χ4n) is 1.02. The first-order chi connectivity index (χ1) is 5.70. The topological polar surface area (TPSA) is 9.23 Å². The third kappa shape index (κ3) is 1.55. The van der Waals surface area contributed by atoms with Gasteiger partial charge in [0.2, 0.25) is 0 Å². The highest BCUT2D eigenvalue weighted by molar-refractivity contribution is 7.98. The van der Waals surface area contributed by atoms with E-state index in [1.54, 1.807) is 13.0 Å². The Morgan fingerprint density at radius 1 is 1.42 bits per heavy atom. The lowest BCUT2D eigenvalue weighted by Crippen LogP contribution is -1.92. The maximum absolute atomic E-state index is 13.3. The molecule has 66 valence electrons. The zero-order valence-corrected chi connectivity index (χ0v) is 8.17. The van der Waals surface area contributed by atoms with Gasteiger partial charge in [0.15, 0.2) is 11.6 Å². The zero-order valence-electron chi connectivity index (χ0n) is 7.35. The Labute approximate surface area is 75.9 Å². The molecule has 0 atom stereocenters. The summed E-state index contributed by atoms with van der Waals surface area (Å²) in [4.78, 5) is 0.952. The summed E-state index contributed by atoms with van der Waals surface area (Å²) in [5.41, 5.74) is 0.654. The molecule has 0 aliphatic heterocycles. The van der Waals surface area contributed by atoms with Crippen LogP contribution in [0.25, 0.3) is 0 Å². The van der Waals surface area contributed by atoms with Crippen LogP contribution in [0.5, 0.6) is 5.75 Å². The average molecular weight is 186 g/mol. The van der Waals surface area contributed by atoms with Crippen molar-refractivity contribution in [2.24, 2.45) is 0 Å². The quantitative estimate of drug-likeness (QED) is 0.657. The molecular formula is C9H11FOS. The molecule has 3 heteroatoms. The summed E-state index contributed by atoms with van der Waals surface area (Å²) >= 11 is 1.53. The van der Waals surface area contributed by atoms with Crippen LogP contribution in [0.3, 0.4) is 0 Å². The Bertz CT molecular complexity index is 257. The summed E-state index contributed by atoms with van der Waals surface area (Å²) in [6.45, 7) is 1.75. The van der Waals surface area contributed by atoms with Crippen molar-refractivity contribution in [1.82, 2.24) is 0 Å². The summed E-state index contributed by atoms with van der Waals surface area (Å²) in [5.74, 6) is 0.0506. The molecule has 0 unspecified atom stereocenters. The first-order valence-electron chi connectivity index (χ1n) is 3.57. The van der Waals surface area contributed by atoms with Crippen molar-refractivity contribution in [3.05, 3.63) is 23.5 Å². The van der Waals surface area contributed by atoms with E-state index in [4.69, 9.17) is 4.74 Å². The van der Waals surface area contributed by atoms with Gasteiger partial charge in [0.25, 0.3) is 0 Å². The SMILES string of the molecule is COc1ccc(SC)c(C)c1F. The van der Waals surface area contributed by atoms with Gasteiger partial charge in [-0.3, -0.25) is 0 Å². The summed E-state index contributed by atoms with van der Waals surface area (Å²) in [7, 11) is 1.47. The van der Waals surface area contributed by atoms with Crippen LogP contribution in [0.2, 0.25) is 0 Å². The van der Waals surface area contributed by atoms with Crippen molar-refractivity contribution in [3.63, 3.8) is 0 Å². The Hall–Kier alpha value is -0.700. The van der Waals surface area contributed by atoms with Crippen LogP contribution >= 0.6 is 11.8 Å². The normalized spacial score (nSPS) is 10.0. The van der Waals surface area contributed by atoms with Gasteiger partial charge in [0.1, 0.15) is 0 Å². The molecule has 0 fully saturated rings. The molecule has 1 rings (SSSR count). The molecular weight excluding hydrogens is 175 g/mol. The van der Waals surface area contributed by atoms with Gasteiger partial charge >= 0.3 is 0 Å². The van der Waals surface area contributed by atoms with Gasteiger partial charge in [-0.1, -0.05) is 0 Å². The van der Waals surface area contributed by atoms with Gasteiger partial charge in [-0.05, 0) is 25.3 Å². The molecule has 0 N–H and O–H groups in total. The van der Waals surface area contributed by atoms with Crippen LogP contribution in [0.15, 0.2) is 17.0 Å². The molecule has 0 aliphatic rings. The summed E-state index contributed by atoms with van der Waals surface area (Å²) in [5, 5.41) is 0. The molecule has 1 nitrogen and oxygen atoms in total. The van der Waals surface area contributed by atoms with Crippen LogP contribution in [0.1, 0.15) is 5.56 Å². The molecule has 0 aromatic heterocycles. The fourth-order valence-corrected chi connectivity index (χ4v) is 1.62. The van der Waals surface area contributed by atoms with Gasteiger partial charge in [-0.2, -0.15) is 0 Å². The molecule has 1 aromatic rings. The van der Waals surface area contributed by atoms with Crippen molar-refractivity contribution in [1.29, 1.82) is 0 Å². The molecule has 12 heavy (non-hydrogen) atoms. The van der Waals surface area contributed by atoms with Crippen LogP contribution in [0.4, 0.5) is 4.39 Å². The van der Waals surface area contributed by atoms with E-state index < -0.39 is 0 Å². The molecule has 1 aromatic carbocycles. The number of rotatable bonds is 2. The van der Waals surface area contributed by atoms with E-state index in [1.807, 2.05) is 12.3 Å². The largest absolute Gasteiger partial charge is 0.494 e. The van der Waals surface area contributed by atoms with Crippen molar-refractivity contribution >= 4 is 11.8 Å². The maximum atomic E-state index is 13.3. The lowest BCUT2D eigenvalue weighted by molar-refractivity contribution is 0.384. The van der Waals surface area contributed by atoms with E-state index in [9.17, 15) is 4.39 Å². The van der Waals surface area contributed by atoms with E-state index >= 15 is 0 Å². The van der Waals surface area contributed by atoms with Gasteiger partial charge in [-0.15, -0.1) is 11.8 Å². The smallest absolute Gasteiger partial charge is 0.169 e. The Kier molecular flexibility index (Phi) is 2.98. The highest BCUT2D eigenvalue weighted by Gasteiger charge is 2.08. The maximum Gasteiger partial charge on any atom is 0.169 e. The Morgan fingerprint density at radius 2 is 2.08 bits per heavy atom. The Morgan fingerprint density at radius 3 is 2.58 bits per heavy atom. The van der Waals surface area contributed by atoms with E-state index in [0.29, 0.717) is 11.3 Å². The number of halogens is 1. The van der Waals surface area contributed by atoms with Crippen LogP contribution in [-0.4, -0.2) is 13.4 Å². The van der Waals surface area contributed by atoms with Crippen LogP contribution in [0, 0.1) is 12.7 Å². The predicted molar refractivity (Wildman–Crippen MR) is 49.5 cm³/mol. The number of benzene rings is 1. The molecule has 0 saturated heterocycles. The third-order valence-corrected chi connectivity index (χ3v) is 2.62. The monoisotopic (exact) mass is 186 g/mol. The molecule has 0 saturated carbocycles. The van der Waals surface area contributed by atoms with Gasteiger partial charge < -0.3 is 4.74 Å². The lowest BCUT2D eigenvalue weighted by Gasteiger charge is -2.07. The molecule has 0 spiro atoms. The minimum atomic E-state index is -0.260.